The van der Waals surface area contributed by atoms with E-state index in [4.69, 9.17) is 6.42 Å². The Morgan fingerprint density at radius 1 is 1.13 bits per heavy atom. The van der Waals surface area contributed by atoms with Gasteiger partial charge in [-0.1, -0.05) is 12.0 Å². The lowest BCUT2D eigenvalue weighted by molar-refractivity contribution is 0.631. The van der Waals surface area contributed by atoms with E-state index in [0.29, 0.717) is 11.1 Å². The summed E-state index contributed by atoms with van der Waals surface area (Å²) in [5.74, 6) is 2.09. The molecule has 0 atom stereocenters. The normalized spacial score (nSPS) is 9.60. The monoisotopic (exact) mass is 197 g/mol. The predicted octanol–water partition coefficient (Wildman–Crippen LogP) is 2.87. The van der Waals surface area contributed by atoms with Gasteiger partial charge in [-0.25, -0.2) is 4.39 Å². The number of hydrogen-bond acceptors (Lipinski definition) is 1. The average molecular weight is 197 g/mol. The van der Waals surface area contributed by atoms with E-state index in [-0.39, 0.29) is 5.82 Å². The predicted molar refractivity (Wildman–Crippen MR) is 57.6 cm³/mol. The summed E-state index contributed by atoms with van der Waals surface area (Å²) < 4.78 is 13.6. The smallest absolute Gasteiger partial charge is 0.132 e. The van der Waals surface area contributed by atoms with E-state index in [9.17, 15) is 4.39 Å². The maximum atomic E-state index is 13.6. The first-order valence-corrected chi connectivity index (χ1v) is 4.48. The number of benzene rings is 1. The molecule has 0 N–H and O–H groups in total. The number of nitrogens with zero attached hydrogens (tertiary/aromatic N) is 1. The van der Waals surface area contributed by atoms with Crippen molar-refractivity contribution < 1.29 is 4.39 Å². The maximum Gasteiger partial charge on any atom is 0.132 e. The van der Waals surface area contributed by atoms with Crippen LogP contribution in [0.5, 0.6) is 0 Å². The van der Waals surface area contributed by atoms with Crippen molar-refractivity contribution in [2.45, 2.75) is 0 Å². The molecule has 0 radical (unpaired) electrons. The molecule has 15 heavy (non-hydrogen) atoms. The van der Waals surface area contributed by atoms with Crippen molar-refractivity contribution in [3.63, 3.8) is 0 Å². The SMILES string of the molecule is C#Cc1ccc(-c2ccncc2)c(F)c1. The van der Waals surface area contributed by atoms with Gasteiger partial charge >= 0.3 is 0 Å². The van der Waals surface area contributed by atoms with Crippen LogP contribution in [0.25, 0.3) is 11.1 Å². The Labute approximate surface area is 87.6 Å². The molecule has 1 aromatic heterocycles. The Hall–Kier alpha value is -2.14. The first-order chi connectivity index (χ1) is 7.31. The highest BCUT2D eigenvalue weighted by atomic mass is 19.1. The third-order valence-electron chi connectivity index (χ3n) is 2.13. The fourth-order valence-corrected chi connectivity index (χ4v) is 1.37. The van der Waals surface area contributed by atoms with Gasteiger partial charge in [0.05, 0.1) is 0 Å². The number of hydrogen-bond donors (Lipinski definition) is 0. The summed E-state index contributed by atoms with van der Waals surface area (Å²) in [7, 11) is 0. The van der Waals surface area contributed by atoms with Crippen LogP contribution in [0.1, 0.15) is 5.56 Å². The van der Waals surface area contributed by atoms with Crippen LogP contribution in [0.4, 0.5) is 4.39 Å². The first kappa shape index (κ1) is 9.42. The van der Waals surface area contributed by atoms with Crippen LogP contribution in [0.15, 0.2) is 42.7 Å². The van der Waals surface area contributed by atoms with Gasteiger partial charge in [-0.2, -0.15) is 0 Å². The molecule has 0 aliphatic carbocycles. The van der Waals surface area contributed by atoms with Gasteiger partial charge in [0.15, 0.2) is 0 Å². The fourth-order valence-electron chi connectivity index (χ4n) is 1.37. The Morgan fingerprint density at radius 3 is 2.47 bits per heavy atom. The Bertz CT molecular complexity index is 512. The molecule has 0 bridgehead atoms. The Morgan fingerprint density at radius 2 is 1.87 bits per heavy atom. The average Bonchev–Trinajstić information content (AvgIpc) is 2.30. The molecule has 0 amide bonds. The lowest BCUT2D eigenvalue weighted by Crippen LogP contribution is -1.86. The van der Waals surface area contributed by atoms with E-state index in [1.54, 1.807) is 36.7 Å². The second kappa shape index (κ2) is 3.93. The van der Waals surface area contributed by atoms with Gasteiger partial charge in [-0.3, -0.25) is 4.98 Å². The molecule has 2 heteroatoms. The van der Waals surface area contributed by atoms with Crippen molar-refractivity contribution in [2.24, 2.45) is 0 Å². The van der Waals surface area contributed by atoms with E-state index in [2.05, 4.69) is 10.9 Å². The molecule has 1 aromatic carbocycles. The molecular formula is C13H8FN. The van der Waals surface area contributed by atoms with Gasteiger partial charge in [0.2, 0.25) is 0 Å². The van der Waals surface area contributed by atoms with Crippen molar-refractivity contribution in [1.29, 1.82) is 0 Å². The van der Waals surface area contributed by atoms with Crippen LogP contribution in [0, 0.1) is 18.2 Å². The zero-order chi connectivity index (χ0) is 10.7. The minimum Gasteiger partial charge on any atom is -0.265 e. The molecule has 1 nitrogen and oxygen atoms in total. The summed E-state index contributed by atoms with van der Waals surface area (Å²) >= 11 is 0. The van der Waals surface area contributed by atoms with Crippen LogP contribution in [0.3, 0.4) is 0 Å². The number of rotatable bonds is 1. The number of pyridine rings is 1. The highest BCUT2D eigenvalue weighted by Gasteiger charge is 2.04. The van der Waals surface area contributed by atoms with Gasteiger partial charge in [-0.15, -0.1) is 6.42 Å². The van der Waals surface area contributed by atoms with E-state index >= 15 is 0 Å². The maximum absolute atomic E-state index is 13.6. The van der Waals surface area contributed by atoms with Crippen molar-refractivity contribution in [2.75, 3.05) is 0 Å². The molecule has 2 rings (SSSR count). The van der Waals surface area contributed by atoms with Gasteiger partial charge in [-0.05, 0) is 29.8 Å². The molecule has 0 aliphatic rings. The summed E-state index contributed by atoms with van der Waals surface area (Å²) in [5.41, 5.74) is 1.88. The van der Waals surface area contributed by atoms with Gasteiger partial charge in [0.1, 0.15) is 5.82 Å². The van der Waals surface area contributed by atoms with Gasteiger partial charge in [0, 0.05) is 23.5 Å². The molecule has 0 unspecified atom stereocenters. The van der Waals surface area contributed by atoms with Crippen molar-refractivity contribution >= 4 is 0 Å². The molecule has 72 valence electrons. The lowest BCUT2D eigenvalue weighted by atomic mass is 10.0. The summed E-state index contributed by atoms with van der Waals surface area (Å²) in [6.07, 6.45) is 8.44. The molecular weight excluding hydrogens is 189 g/mol. The van der Waals surface area contributed by atoms with E-state index in [1.807, 2.05) is 0 Å². The fraction of sp³-hybridized carbons (Fsp3) is 0. The highest BCUT2D eigenvalue weighted by molar-refractivity contribution is 5.64. The van der Waals surface area contributed by atoms with Crippen LogP contribution in [0.2, 0.25) is 0 Å². The molecule has 0 aliphatic heterocycles. The quantitative estimate of drug-likeness (QED) is 0.640. The Kier molecular flexibility index (Phi) is 2.47. The third-order valence-corrected chi connectivity index (χ3v) is 2.13. The van der Waals surface area contributed by atoms with Crippen LogP contribution >= 0.6 is 0 Å². The van der Waals surface area contributed by atoms with Crippen molar-refractivity contribution in [3.8, 4) is 23.5 Å². The van der Waals surface area contributed by atoms with Crippen LogP contribution in [-0.2, 0) is 0 Å². The molecule has 0 saturated carbocycles. The Balaban J connectivity index is 2.52. The standard InChI is InChI=1S/C13H8FN/c1-2-10-3-4-12(13(14)9-10)11-5-7-15-8-6-11/h1,3-9H. The number of aromatic nitrogens is 1. The summed E-state index contributed by atoms with van der Waals surface area (Å²) in [4.78, 5) is 3.88. The number of halogens is 1. The topological polar surface area (TPSA) is 12.9 Å². The van der Waals surface area contributed by atoms with E-state index in [0.717, 1.165) is 5.56 Å². The van der Waals surface area contributed by atoms with E-state index < -0.39 is 0 Å². The van der Waals surface area contributed by atoms with Gasteiger partial charge in [0.25, 0.3) is 0 Å². The zero-order valence-electron chi connectivity index (χ0n) is 7.94. The minimum atomic E-state index is -0.309. The van der Waals surface area contributed by atoms with Gasteiger partial charge < -0.3 is 0 Å². The summed E-state index contributed by atoms with van der Waals surface area (Å²) in [6.45, 7) is 0. The van der Waals surface area contributed by atoms with Crippen LogP contribution < -0.4 is 0 Å². The lowest BCUT2D eigenvalue weighted by Gasteiger charge is -2.02. The van der Waals surface area contributed by atoms with Crippen molar-refractivity contribution in [1.82, 2.24) is 4.98 Å². The largest absolute Gasteiger partial charge is 0.265 e. The second-order valence-electron chi connectivity index (χ2n) is 3.07. The zero-order valence-corrected chi connectivity index (χ0v) is 7.94. The molecule has 2 aromatic rings. The number of terminal acetylenes is 1. The molecule has 0 spiro atoms. The highest BCUT2D eigenvalue weighted by Crippen LogP contribution is 2.22. The van der Waals surface area contributed by atoms with Crippen LogP contribution in [-0.4, -0.2) is 4.98 Å². The van der Waals surface area contributed by atoms with E-state index in [1.165, 1.54) is 6.07 Å². The second-order valence-corrected chi connectivity index (χ2v) is 3.07. The molecule has 0 saturated heterocycles. The summed E-state index contributed by atoms with van der Waals surface area (Å²) in [6, 6.07) is 8.27. The van der Waals surface area contributed by atoms with Crippen molar-refractivity contribution in [3.05, 3.63) is 54.1 Å². The summed E-state index contributed by atoms with van der Waals surface area (Å²) in [5, 5.41) is 0. The first-order valence-electron chi connectivity index (χ1n) is 4.48. The molecule has 0 fully saturated rings. The molecule has 1 heterocycles. The minimum absolute atomic E-state index is 0.309. The third kappa shape index (κ3) is 1.87.